The van der Waals surface area contributed by atoms with Crippen LogP contribution < -0.4 is 5.73 Å². The van der Waals surface area contributed by atoms with Crippen LogP contribution in [0.3, 0.4) is 0 Å². The zero-order valence-corrected chi connectivity index (χ0v) is 11.2. The summed E-state index contributed by atoms with van der Waals surface area (Å²) in [6.07, 6.45) is -3.66. The van der Waals surface area contributed by atoms with Crippen molar-refractivity contribution in [2.24, 2.45) is 20.7 Å². The maximum atomic E-state index is 13.2. The van der Waals surface area contributed by atoms with Crippen LogP contribution in [0, 0.1) is 0 Å². The predicted octanol–water partition coefficient (Wildman–Crippen LogP) is 3.11. The molecule has 0 amide bonds. The molecule has 0 fully saturated rings. The van der Waals surface area contributed by atoms with Crippen molar-refractivity contribution in [2.75, 3.05) is 0 Å². The van der Waals surface area contributed by atoms with Crippen molar-refractivity contribution >= 4 is 34.7 Å². The first-order valence-corrected chi connectivity index (χ1v) is 5.58. The molecule has 0 aliphatic heterocycles. The molecule has 0 aromatic rings. The molecule has 0 saturated heterocycles. The van der Waals surface area contributed by atoms with Gasteiger partial charge in [0.25, 0.3) is 0 Å². The van der Waals surface area contributed by atoms with Gasteiger partial charge in [0.2, 0.25) is 5.84 Å². The largest absolute Gasteiger partial charge is 0.451 e. The van der Waals surface area contributed by atoms with E-state index in [0.717, 1.165) is 6.21 Å². The number of nitrogens with zero attached hydrogens (tertiary/aromatic N) is 3. The highest BCUT2D eigenvalue weighted by Crippen LogP contribution is 2.19. The van der Waals surface area contributed by atoms with E-state index in [2.05, 4.69) is 44.2 Å². The summed E-state index contributed by atoms with van der Waals surface area (Å²) in [7, 11) is 0. The topological polar surface area (TPSA) is 63.1 Å². The zero-order chi connectivity index (χ0) is 15.1. The molecule has 0 rings (SSSR count). The maximum Gasteiger partial charge on any atom is 0.451 e. The lowest BCUT2D eigenvalue weighted by Crippen LogP contribution is -2.26. The molecule has 0 radical (unpaired) electrons. The van der Waals surface area contributed by atoms with E-state index in [-0.39, 0.29) is 11.0 Å². The van der Waals surface area contributed by atoms with Gasteiger partial charge in [-0.2, -0.15) is 13.2 Å². The van der Waals surface area contributed by atoms with E-state index in [4.69, 9.17) is 5.73 Å². The van der Waals surface area contributed by atoms with Gasteiger partial charge in [0, 0.05) is 24.9 Å². The Bertz CT molecular complexity index is 426. The summed E-state index contributed by atoms with van der Waals surface area (Å²) >= 11 is 2.77. The van der Waals surface area contributed by atoms with Crippen molar-refractivity contribution in [3.63, 3.8) is 0 Å². The number of aliphatic imine (C=N–C) groups is 3. The summed E-state index contributed by atoms with van der Waals surface area (Å²) in [6.45, 7) is 6.11. The van der Waals surface area contributed by atoms with Gasteiger partial charge in [0.1, 0.15) is 10.4 Å². The van der Waals surface area contributed by atoms with Crippen LogP contribution in [0.4, 0.5) is 17.6 Å². The Kier molecular flexibility index (Phi) is 7.38. The standard InChI is InChI=1S/C10H11BrF4N4/c1-3-18-9(10(13,14)15)19-5-6(16)4-7(12)8(11)17-2/h3,5-6H,1-2,4,16H2/b8-7+,18-9?,19-5?. The fourth-order valence-corrected chi connectivity index (χ4v) is 1.02. The molecule has 1 unspecified atom stereocenters. The second kappa shape index (κ2) is 7.95. The normalized spacial score (nSPS) is 16.2. The van der Waals surface area contributed by atoms with Crippen LogP contribution in [-0.2, 0) is 0 Å². The average Bonchev–Trinajstić information content (AvgIpc) is 2.31. The zero-order valence-electron chi connectivity index (χ0n) is 9.66. The highest BCUT2D eigenvalue weighted by atomic mass is 79.9. The summed E-state index contributed by atoms with van der Waals surface area (Å²) in [5.41, 5.74) is 5.40. The Hall–Kier alpha value is -1.35. The number of rotatable bonds is 5. The van der Waals surface area contributed by atoms with Crippen molar-refractivity contribution in [3.8, 4) is 0 Å². The minimum atomic E-state index is -4.73. The molecule has 0 heterocycles. The minimum Gasteiger partial charge on any atom is -0.323 e. The van der Waals surface area contributed by atoms with Gasteiger partial charge in [-0.3, -0.25) is 4.99 Å². The maximum absolute atomic E-state index is 13.2. The molecule has 0 aromatic heterocycles. The highest BCUT2D eigenvalue weighted by Gasteiger charge is 2.35. The van der Waals surface area contributed by atoms with E-state index >= 15 is 0 Å². The molecule has 0 saturated carbocycles. The van der Waals surface area contributed by atoms with Gasteiger partial charge >= 0.3 is 6.18 Å². The number of alkyl halides is 3. The van der Waals surface area contributed by atoms with E-state index in [9.17, 15) is 17.6 Å². The molecule has 9 heteroatoms. The SMILES string of the molecule is C=CN=C(N=CC(N)C/C(F)=C(/Br)N=C)C(F)(F)F. The van der Waals surface area contributed by atoms with Gasteiger partial charge in [0.05, 0.1) is 0 Å². The molecule has 2 N–H and O–H groups in total. The average molecular weight is 343 g/mol. The van der Waals surface area contributed by atoms with Gasteiger partial charge in [-0.05, 0) is 22.6 Å². The number of hydrogen-bond donors (Lipinski definition) is 1. The Morgan fingerprint density at radius 3 is 2.42 bits per heavy atom. The molecular formula is C10H11BrF4N4. The third kappa shape index (κ3) is 6.97. The molecule has 0 bridgehead atoms. The quantitative estimate of drug-likeness (QED) is 0.355. The summed E-state index contributed by atoms with van der Waals surface area (Å²) in [5.74, 6) is -2.16. The monoisotopic (exact) mass is 342 g/mol. The molecular weight excluding hydrogens is 332 g/mol. The smallest absolute Gasteiger partial charge is 0.323 e. The third-order valence-corrected chi connectivity index (χ3v) is 2.31. The molecule has 0 spiro atoms. The summed E-state index contributed by atoms with van der Waals surface area (Å²) in [6, 6.07) is -1.06. The van der Waals surface area contributed by atoms with Crippen LogP contribution in [0.2, 0.25) is 0 Å². The van der Waals surface area contributed by atoms with Crippen molar-refractivity contribution in [3.05, 3.63) is 23.2 Å². The first kappa shape index (κ1) is 17.6. The molecule has 4 nitrogen and oxygen atoms in total. The van der Waals surface area contributed by atoms with Gasteiger partial charge in [-0.15, -0.1) is 0 Å². The van der Waals surface area contributed by atoms with Crippen LogP contribution in [0.1, 0.15) is 6.42 Å². The van der Waals surface area contributed by atoms with Gasteiger partial charge in [-0.1, -0.05) is 6.58 Å². The summed E-state index contributed by atoms with van der Waals surface area (Å²) < 4.78 is 50.1. The second-order valence-corrected chi connectivity index (χ2v) is 3.88. The van der Waals surface area contributed by atoms with Gasteiger partial charge in [0.15, 0.2) is 0 Å². The first-order chi connectivity index (χ1) is 8.72. The molecule has 106 valence electrons. The number of hydrogen-bond acceptors (Lipinski definition) is 3. The summed E-state index contributed by atoms with van der Waals surface area (Å²) in [5, 5.41) is 0. The summed E-state index contributed by atoms with van der Waals surface area (Å²) in [4.78, 5) is 9.29. The molecule has 1 atom stereocenters. The van der Waals surface area contributed by atoms with E-state index < -0.39 is 23.9 Å². The fourth-order valence-electron chi connectivity index (χ4n) is 0.862. The molecule has 19 heavy (non-hydrogen) atoms. The van der Waals surface area contributed by atoms with E-state index in [1.807, 2.05) is 0 Å². The highest BCUT2D eigenvalue weighted by molar-refractivity contribution is 9.11. The Balaban J connectivity index is 4.84. The second-order valence-electron chi connectivity index (χ2n) is 3.13. The van der Waals surface area contributed by atoms with Crippen molar-refractivity contribution in [1.82, 2.24) is 0 Å². The molecule has 0 aliphatic rings. The lowest BCUT2D eigenvalue weighted by molar-refractivity contribution is -0.0596. The lowest BCUT2D eigenvalue weighted by Gasteiger charge is -2.07. The van der Waals surface area contributed by atoms with Crippen molar-refractivity contribution in [2.45, 2.75) is 18.6 Å². The predicted molar refractivity (Wildman–Crippen MR) is 71.4 cm³/mol. The molecule has 0 aromatic carbocycles. The van der Waals surface area contributed by atoms with Crippen LogP contribution >= 0.6 is 15.9 Å². The van der Waals surface area contributed by atoms with Gasteiger partial charge in [-0.25, -0.2) is 14.4 Å². The number of halogens is 5. The van der Waals surface area contributed by atoms with Crippen molar-refractivity contribution < 1.29 is 17.6 Å². The van der Waals surface area contributed by atoms with E-state index in [0.29, 0.717) is 6.20 Å². The van der Waals surface area contributed by atoms with Crippen molar-refractivity contribution in [1.29, 1.82) is 0 Å². The third-order valence-electron chi connectivity index (χ3n) is 1.63. The number of nitrogens with two attached hydrogens (primary N) is 1. The lowest BCUT2D eigenvalue weighted by atomic mass is 10.2. The molecule has 0 aliphatic carbocycles. The van der Waals surface area contributed by atoms with Gasteiger partial charge < -0.3 is 5.73 Å². The Morgan fingerprint density at radius 1 is 1.42 bits per heavy atom. The minimum absolute atomic E-state index is 0.160. The Morgan fingerprint density at radius 2 is 2.00 bits per heavy atom. The van der Waals surface area contributed by atoms with Crippen LogP contribution in [0.25, 0.3) is 0 Å². The van der Waals surface area contributed by atoms with Crippen LogP contribution in [0.15, 0.2) is 38.2 Å². The fraction of sp³-hybridized carbons (Fsp3) is 0.300. The number of amidine groups is 1. The Labute approximate surface area is 115 Å². The van der Waals surface area contributed by atoms with Crippen LogP contribution in [0.5, 0.6) is 0 Å². The first-order valence-electron chi connectivity index (χ1n) is 4.79. The van der Waals surface area contributed by atoms with E-state index in [1.54, 1.807) is 0 Å². The van der Waals surface area contributed by atoms with E-state index in [1.165, 1.54) is 0 Å². The van der Waals surface area contributed by atoms with Crippen LogP contribution in [-0.4, -0.2) is 31.0 Å².